The smallest absolute Gasteiger partial charge is 0.170 e. The minimum Gasteiger partial charge on any atom is -0.339 e. The number of nitriles is 2. The van der Waals surface area contributed by atoms with Crippen molar-refractivity contribution in [2.24, 2.45) is 0 Å². The van der Waals surface area contributed by atoms with E-state index < -0.39 is 0 Å². The second-order valence-electron chi connectivity index (χ2n) is 2.90. The van der Waals surface area contributed by atoms with Crippen LogP contribution in [0.1, 0.15) is 11.1 Å². The van der Waals surface area contributed by atoms with Gasteiger partial charge in [0, 0.05) is 17.3 Å². The Hall–Kier alpha value is -2.24. The molecule has 1 heterocycles. The zero-order valence-electron chi connectivity index (χ0n) is 8.14. The van der Waals surface area contributed by atoms with Crippen molar-refractivity contribution in [2.75, 3.05) is 0 Å². The zero-order chi connectivity index (χ0) is 11.4. The van der Waals surface area contributed by atoms with Crippen molar-refractivity contribution >= 4 is 11.8 Å². The Balaban J connectivity index is 2.43. The molecule has 2 rings (SSSR count). The first-order valence-corrected chi connectivity index (χ1v) is 5.27. The number of hydrogen-bond acceptors (Lipinski definition) is 4. The summed E-state index contributed by atoms with van der Waals surface area (Å²) in [5, 5.41) is 18.6. The molecule has 0 unspecified atom stereocenters. The van der Waals surface area contributed by atoms with Crippen LogP contribution in [0.15, 0.2) is 40.6 Å². The number of aromatic nitrogens is 2. The maximum absolute atomic E-state index is 9.01. The van der Waals surface area contributed by atoms with Gasteiger partial charge in [0.05, 0.1) is 11.1 Å². The van der Waals surface area contributed by atoms with Crippen molar-refractivity contribution in [1.29, 1.82) is 10.5 Å². The number of hydrogen-bond donors (Lipinski definition) is 1. The van der Waals surface area contributed by atoms with Gasteiger partial charge < -0.3 is 4.98 Å². The molecule has 1 aromatic carbocycles. The minimum absolute atomic E-state index is 0.388. The van der Waals surface area contributed by atoms with Gasteiger partial charge in [0.1, 0.15) is 12.1 Å². The predicted octanol–water partition coefficient (Wildman–Crippen LogP) is 2.30. The van der Waals surface area contributed by atoms with Gasteiger partial charge in [-0.2, -0.15) is 10.5 Å². The van der Waals surface area contributed by atoms with Crippen molar-refractivity contribution in [1.82, 2.24) is 9.97 Å². The minimum atomic E-state index is 0.388. The lowest BCUT2D eigenvalue weighted by molar-refractivity contribution is 1.06. The van der Waals surface area contributed by atoms with Gasteiger partial charge in [-0.1, -0.05) is 17.8 Å². The summed E-state index contributed by atoms with van der Waals surface area (Å²) in [5.74, 6) is 0. The maximum atomic E-state index is 9.01. The first-order valence-electron chi connectivity index (χ1n) is 4.45. The van der Waals surface area contributed by atoms with E-state index in [-0.39, 0.29) is 0 Å². The maximum Gasteiger partial charge on any atom is 0.170 e. The highest BCUT2D eigenvalue weighted by atomic mass is 32.2. The first kappa shape index (κ1) is 10.3. The van der Waals surface area contributed by atoms with E-state index in [1.165, 1.54) is 11.8 Å². The van der Waals surface area contributed by atoms with Crippen LogP contribution < -0.4 is 0 Å². The third-order valence-corrected chi connectivity index (χ3v) is 2.91. The van der Waals surface area contributed by atoms with E-state index in [1.807, 2.05) is 12.1 Å². The largest absolute Gasteiger partial charge is 0.339 e. The van der Waals surface area contributed by atoms with Gasteiger partial charge in [0.2, 0.25) is 0 Å². The lowest BCUT2D eigenvalue weighted by atomic mass is 10.1. The molecule has 0 fully saturated rings. The Morgan fingerprint density at radius 2 is 2.12 bits per heavy atom. The van der Waals surface area contributed by atoms with Crippen molar-refractivity contribution in [3.05, 3.63) is 41.7 Å². The average Bonchev–Trinajstić information content (AvgIpc) is 2.81. The molecule has 4 nitrogen and oxygen atoms in total. The van der Waals surface area contributed by atoms with Crippen LogP contribution in [0.5, 0.6) is 0 Å². The standard InChI is InChI=1S/C11H6N4S/c12-6-8-2-1-3-10(9(8)7-13)16-11-14-4-5-15-11/h1-5H,(H,14,15). The van der Waals surface area contributed by atoms with Crippen molar-refractivity contribution in [3.63, 3.8) is 0 Å². The SMILES string of the molecule is N#Cc1cccc(Sc2ncc[nH]2)c1C#N. The molecule has 16 heavy (non-hydrogen) atoms. The van der Waals surface area contributed by atoms with Crippen LogP contribution in [-0.4, -0.2) is 9.97 Å². The highest BCUT2D eigenvalue weighted by Crippen LogP contribution is 2.28. The second-order valence-corrected chi connectivity index (χ2v) is 3.93. The summed E-state index contributed by atoms with van der Waals surface area (Å²) in [6.45, 7) is 0. The van der Waals surface area contributed by atoms with Crippen LogP contribution in [-0.2, 0) is 0 Å². The number of rotatable bonds is 2. The number of nitrogens with one attached hydrogen (secondary N) is 1. The summed E-state index contributed by atoms with van der Waals surface area (Å²) < 4.78 is 0. The van der Waals surface area contributed by atoms with Gasteiger partial charge in [0.15, 0.2) is 5.16 Å². The molecule has 0 amide bonds. The summed E-state index contributed by atoms with van der Waals surface area (Å²) in [5.41, 5.74) is 0.783. The third kappa shape index (κ3) is 1.90. The van der Waals surface area contributed by atoms with E-state index in [2.05, 4.69) is 9.97 Å². The highest BCUT2D eigenvalue weighted by Gasteiger charge is 2.09. The van der Waals surface area contributed by atoms with E-state index in [4.69, 9.17) is 10.5 Å². The molecule has 0 spiro atoms. The van der Waals surface area contributed by atoms with Gasteiger partial charge in [0.25, 0.3) is 0 Å². The van der Waals surface area contributed by atoms with Gasteiger partial charge in [-0.15, -0.1) is 0 Å². The number of nitrogens with zero attached hydrogens (tertiary/aromatic N) is 3. The van der Waals surface area contributed by atoms with E-state index in [1.54, 1.807) is 30.6 Å². The fraction of sp³-hybridized carbons (Fsp3) is 0. The molecular weight excluding hydrogens is 220 g/mol. The first-order chi connectivity index (χ1) is 7.85. The van der Waals surface area contributed by atoms with Gasteiger partial charge in [-0.05, 0) is 12.1 Å². The monoisotopic (exact) mass is 226 g/mol. The van der Waals surface area contributed by atoms with Crippen LogP contribution in [0, 0.1) is 22.7 Å². The van der Waals surface area contributed by atoms with Crippen molar-refractivity contribution in [2.45, 2.75) is 10.1 Å². The molecule has 5 heteroatoms. The van der Waals surface area contributed by atoms with Crippen molar-refractivity contribution in [3.8, 4) is 12.1 Å². The number of H-pyrrole nitrogens is 1. The molecule has 1 aromatic heterocycles. The fourth-order valence-electron chi connectivity index (χ4n) is 1.24. The molecule has 2 aromatic rings. The molecule has 1 N–H and O–H groups in total. The molecule has 0 saturated heterocycles. The summed E-state index contributed by atoms with van der Waals surface area (Å²) in [6.07, 6.45) is 3.35. The van der Waals surface area contributed by atoms with Crippen LogP contribution in [0.4, 0.5) is 0 Å². The summed E-state index contributed by atoms with van der Waals surface area (Å²) in [7, 11) is 0. The molecule has 0 bridgehead atoms. The van der Waals surface area contributed by atoms with Gasteiger partial charge in [-0.3, -0.25) is 0 Å². The van der Waals surface area contributed by atoms with Crippen LogP contribution in [0.25, 0.3) is 0 Å². The Morgan fingerprint density at radius 1 is 1.25 bits per heavy atom. The molecule has 0 atom stereocenters. The van der Waals surface area contributed by atoms with E-state index in [0.717, 1.165) is 4.90 Å². The number of aromatic amines is 1. The van der Waals surface area contributed by atoms with Gasteiger partial charge in [-0.25, -0.2) is 4.98 Å². The van der Waals surface area contributed by atoms with Crippen LogP contribution in [0.2, 0.25) is 0 Å². The molecule has 0 aliphatic carbocycles. The molecule has 0 saturated carbocycles. The zero-order valence-corrected chi connectivity index (χ0v) is 8.95. The molecule has 0 radical (unpaired) electrons. The molecular formula is C11H6N4S. The lowest BCUT2D eigenvalue weighted by Gasteiger charge is -2.01. The molecule has 0 aliphatic heterocycles. The Morgan fingerprint density at radius 3 is 2.75 bits per heavy atom. The Bertz CT molecular complexity index is 575. The van der Waals surface area contributed by atoms with Crippen LogP contribution in [0.3, 0.4) is 0 Å². The topological polar surface area (TPSA) is 76.3 Å². The van der Waals surface area contributed by atoms with E-state index in [0.29, 0.717) is 16.3 Å². The van der Waals surface area contributed by atoms with E-state index >= 15 is 0 Å². The summed E-state index contributed by atoms with van der Waals surface area (Å²) in [4.78, 5) is 7.72. The highest BCUT2D eigenvalue weighted by molar-refractivity contribution is 7.99. The van der Waals surface area contributed by atoms with Crippen molar-refractivity contribution < 1.29 is 0 Å². The van der Waals surface area contributed by atoms with Gasteiger partial charge >= 0.3 is 0 Å². The number of imidazole rings is 1. The molecule has 0 aliphatic rings. The van der Waals surface area contributed by atoms with E-state index in [9.17, 15) is 0 Å². The molecule has 76 valence electrons. The van der Waals surface area contributed by atoms with Crippen LogP contribution >= 0.6 is 11.8 Å². The quantitative estimate of drug-likeness (QED) is 0.852. The predicted molar refractivity (Wildman–Crippen MR) is 58.6 cm³/mol. The number of benzene rings is 1. The summed E-state index contributed by atoms with van der Waals surface area (Å²) in [6, 6.07) is 9.23. The lowest BCUT2D eigenvalue weighted by Crippen LogP contribution is -1.87. The Kier molecular flexibility index (Phi) is 2.90. The normalized spacial score (nSPS) is 9.38. The Labute approximate surface area is 96.6 Å². The average molecular weight is 226 g/mol. The second kappa shape index (κ2) is 4.52. The third-order valence-electron chi connectivity index (χ3n) is 1.94. The summed E-state index contributed by atoms with van der Waals surface area (Å²) >= 11 is 1.33. The fourth-order valence-corrected chi connectivity index (χ4v) is 2.09.